The van der Waals surface area contributed by atoms with Gasteiger partial charge in [0.05, 0.1) is 0 Å². The van der Waals surface area contributed by atoms with Crippen molar-refractivity contribution >= 4 is 29.2 Å². The molecule has 0 atom stereocenters. The van der Waals surface area contributed by atoms with Crippen LogP contribution in [0.15, 0.2) is 0 Å². The molecule has 0 heterocycles. The van der Waals surface area contributed by atoms with Crippen LogP contribution in [0.5, 0.6) is 0 Å². The maximum absolute atomic E-state index is 11.4. The summed E-state index contributed by atoms with van der Waals surface area (Å²) in [6, 6.07) is 0. The Bertz CT molecular complexity index is 41.3. The van der Waals surface area contributed by atoms with Crippen molar-refractivity contribution in [3.8, 4) is 0 Å². The molecule has 0 bridgehead atoms. The largest absolute Gasteiger partial charge is 0.463 e. The van der Waals surface area contributed by atoms with Crippen molar-refractivity contribution in [3.63, 3.8) is 0 Å². The summed E-state index contributed by atoms with van der Waals surface area (Å²) in [5, 5.41) is 0. The van der Waals surface area contributed by atoms with Gasteiger partial charge < -0.3 is 0 Å². The van der Waals surface area contributed by atoms with Crippen molar-refractivity contribution in [2.24, 2.45) is 0 Å². The van der Waals surface area contributed by atoms with Gasteiger partial charge in [-0.2, -0.15) is 0 Å². The minimum atomic E-state index is -3.85. The topological polar surface area (TPSA) is 0 Å². The Morgan fingerprint density at radius 3 is 1.67 bits per heavy atom. The first kappa shape index (κ1) is 6.66. The third-order valence-corrected chi connectivity index (χ3v) is 1.06. The second kappa shape index (κ2) is 2.09. The number of hydrogen-bond donors (Lipinski definition) is 0. The van der Waals surface area contributed by atoms with E-state index in [0.717, 1.165) is 0 Å². The molecule has 0 aliphatic rings. The monoisotopic (exact) mass is 150 g/mol. The zero-order chi connectivity index (χ0) is 5.21. The predicted molar refractivity (Wildman–Crippen MR) is 24.5 cm³/mol. The van der Waals surface area contributed by atoms with Crippen molar-refractivity contribution in [3.05, 3.63) is 0 Å². The first-order chi connectivity index (χ1) is 2.56. The fraction of sp³-hybridized carbons (Fsp3) is 1.00. The smallest absolute Gasteiger partial charge is 0.269 e. The summed E-state index contributed by atoms with van der Waals surface area (Å²) in [4.78, 5) is 0. The van der Waals surface area contributed by atoms with E-state index in [4.69, 9.17) is 0 Å². The van der Waals surface area contributed by atoms with Gasteiger partial charge in [-0.1, -0.05) is 0 Å². The SMILES string of the molecule is FC[Si](F)(Cl)Cl. The van der Waals surface area contributed by atoms with Gasteiger partial charge in [-0.3, -0.25) is 4.11 Å². The van der Waals surface area contributed by atoms with Crippen LogP contribution >= 0.6 is 22.2 Å². The van der Waals surface area contributed by atoms with Gasteiger partial charge in [-0.05, 0) is 0 Å². The second-order valence-corrected chi connectivity index (χ2v) is 6.42. The maximum atomic E-state index is 11.4. The van der Waals surface area contributed by atoms with E-state index < -0.39 is 13.3 Å². The Kier molecular flexibility index (Phi) is 2.32. The van der Waals surface area contributed by atoms with Crippen LogP contribution in [-0.4, -0.2) is 13.3 Å². The van der Waals surface area contributed by atoms with E-state index in [1.54, 1.807) is 0 Å². The summed E-state index contributed by atoms with van der Waals surface area (Å²) in [5.41, 5.74) is 0. The molecular weight excluding hydrogens is 149 g/mol. The maximum Gasteiger partial charge on any atom is 0.463 e. The second-order valence-electron chi connectivity index (χ2n) is 0.749. The molecule has 0 saturated carbocycles. The molecule has 0 rings (SSSR count). The van der Waals surface area contributed by atoms with Crippen LogP contribution in [-0.2, 0) is 0 Å². The lowest BCUT2D eigenvalue weighted by Crippen LogP contribution is -2.13. The summed E-state index contributed by atoms with van der Waals surface area (Å²) in [7, 11) is -3.85. The molecule has 0 N–H and O–H groups in total. The van der Waals surface area contributed by atoms with Crippen molar-refractivity contribution in [2.45, 2.75) is 0 Å². The molecule has 0 aromatic rings. The summed E-state index contributed by atoms with van der Waals surface area (Å²) in [6.07, 6.45) is -1.23. The van der Waals surface area contributed by atoms with Crippen LogP contribution < -0.4 is 0 Å². The Morgan fingerprint density at radius 1 is 1.50 bits per heavy atom. The normalized spacial score (nSPS) is 12.0. The van der Waals surface area contributed by atoms with Crippen LogP contribution in [0.25, 0.3) is 0 Å². The van der Waals surface area contributed by atoms with Gasteiger partial charge in [0.2, 0.25) is 0 Å². The van der Waals surface area contributed by atoms with Gasteiger partial charge >= 0.3 is 7.03 Å². The highest BCUT2D eigenvalue weighted by Gasteiger charge is 2.27. The molecule has 0 spiro atoms. The number of alkyl halides is 1. The van der Waals surface area contributed by atoms with E-state index in [9.17, 15) is 8.50 Å². The van der Waals surface area contributed by atoms with Gasteiger partial charge in [0.25, 0.3) is 0 Å². The molecule has 0 saturated heterocycles. The van der Waals surface area contributed by atoms with Gasteiger partial charge in [-0.15, -0.1) is 22.2 Å². The molecule has 0 aliphatic carbocycles. The summed E-state index contributed by atoms with van der Waals surface area (Å²) >= 11 is 9.16. The predicted octanol–water partition coefficient (Wildman–Crippen LogP) is 1.88. The van der Waals surface area contributed by atoms with Crippen LogP contribution in [0.3, 0.4) is 0 Å². The van der Waals surface area contributed by atoms with E-state index in [0.29, 0.717) is 0 Å². The minimum Gasteiger partial charge on any atom is -0.269 e. The molecule has 0 amide bonds. The van der Waals surface area contributed by atoms with Crippen LogP contribution in [0.1, 0.15) is 0 Å². The standard InChI is InChI=1S/CH2Cl2F2Si/c2-6(3,5)1-4/h1H2. The molecule has 0 radical (unpaired) electrons. The van der Waals surface area contributed by atoms with E-state index in [-0.39, 0.29) is 0 Å². The Balaban J connectivity index is 3.17. The zero-order valence-electron chi connectivity index (χ0n) is 2.72. The first-order valence-electron chi connectivity index (χ1n) is 1.19. The zero-order valence-corrected chi connectivity index (χ0v) is 5.23. The van der Waals surface area contributed by atoms with Crippen molar-refractivity contribution < 1.29 is 8.50 Å². The van der Waals surface area contributed by atoms with Gasteiger partial charge in [-0.25, -0.2) is 4.39 Å². The van der Waals surface area contributed by atoms with Crippen LogP contribution in [0, 0.1) is 0 Å². The van der Waals surface area contributed by atoms with Crippen molar-refractivity contribution in [1.82, 2.24) is 0 Å². The molecule has 0 unspecified atom stereocenters. The van der Waals surface area contributed by atoms with E-state index >= 15 is 0 Å². The lowest BCUT2D eigenvalue weighted by molar-refractivity contribution is 0.567. The molecule has 6 heavy (non-hydrogen) atoms. The molecule has 38 valence electrons. The van der Waals surface area contributed by atoms with Gasteiger partial charge in [0.15, 0.2) is 0 Å². The van der Waals surface area contributed by atoms with Crippen molar-refractivity contribution in [2.75, 3.05) is 6.30 Å². The third-order valence-electron chi connectivity index (χ3n) is 0.152. The highest BCUT2D eigenvalue weighted by Crippen LogP contribution is 2.15. The fourth-order valence-electron chi connectivity index (χ4n) is 0. The lowest BCUT2D eigenvalue weighted by Gasteiger charge is -1.92. The van der Waals surface area contributed by atoms with Gasteiger partial charge in [0, 0.05) is 0 Å². The Hall–Kier alpha value is 0.657. The third kappa shape index (κ3) is 4.66. The molecule has 5 heteroatoms. The molecule has 0 fully saturated rings. The van der Waals surface area contributed by atoms with E-state index in [1.165, 1.54) is 0 Å². The Morgan fingerprint density at radius 2 is 1.67 bits per heavy atom. The van der Waals surface area contributed by atoms with E-state index in [2.05, 4.69) is 22.2 Å². The minimum absolute atomic E-state index is 1.23. The first-order valence-corrected chi connectivity index (χ1v) is 5.30. The summed E-state index contributed by atoms with van der Waals surface area (Å²) in [6.45, 7) is 0. The highest BCUT2D eigenvalue weighted by atomic mass is 35.7. The lowest BCUT2D eigenvalue weighted by atomic mass is 11.8. The molecule has 0 aromatic carbocycles. The number of hydrogen-bond acceptors (Lipinski definition) is 0. The van der Waals surface area contributed by atoms with E-state index in [1.807, 2.05) is 0 Å². The highest BCUT2D eigenvalue weighted by molar-refractivity contribution is 7.42. The quantitative estimate of drug-likeness (QED) is 0.396. The summed E-state index contributed by atoms with van der Waals surface area (Å²) < 4.78 is 22.3. The number of rotatable bonds is 1. The summed E-state index contributed by atoms with van der Waals surface area (Å²) in [5.74, 6) is 0. The van der Waals surface area contributed by atoms with Crippen LogP contribution in [0.2, 0.25) is 0 Å². The number of halogens is 4. The molecule has 0 nitrogen and oxygen atoms in total. The molecule has 0 aromatic heterocycles. The average Bonchev–Trinajstić information content (AvgIpc) is 1.35. The van der Waals surface area contributed by atoms with Crippen molar-refractivity contribution in [1.29, 1.82) is 0 Å². The Labute approximate surface area is 44.6 Å². The fourth-order valence-corrected chi connectivity index (χ4v) is 0. The van der Waals surface area contributed by atoms with Crippen LogP contribution in [0.4, 0.5) is 8.50 Å². The van der Waals surface area contributed by atoms with Gasteiger partial charge in [0.1, 0.15) is 6.30 Å². The molecular formula is CH2Cl2F2Si. The average molecular weight is 151 g/mol. The molecule has 0 aliphatic heterocycles.